The smallest absolute Gasteiger partial charge is 0.462 e. The number of aliphatic hydroxyl groups excluding tert-OH is 1. The van der Waals surface area contributed by atoms with Gasteiger partial charge in [0.25, 0.3) is 0 Å². The molecule has 3 N–H and O–H groups in total. The van der Waals surface area contributed by atoms with Gasteiger partial charge in [-0.3, -0.25) is 37.3 Å². The van der Waals surface area contributed by atoms with Crippen molar-refractivity contribution in [1.29, 1.82) is 0 Å². The van der Waals surface area contributed by atoms with Crippen LogP contribution in [0.15, 0.2) is 0 Å². The van der Waals surface area contributed by atoms with Gasteiger partial charge < -0.3 is 33.8 Å². The van der Waals surface area contributed by atoms with Crippen LogP contribution in [0, 0.1) is 23.7 Å². The zero-order chi connectivity index (χ0) is 69.6. The quantitative estimate of drug-likeness (QED) is 0.0222. The molecule has 0 bridgehead atoms. The Bertz CT molecular complexity index is 1850. The van der Waals surface area contributed by atoms with E-state index < -0.39 is 97.5 Å². The molecule has 0 spiro atoms. The van der Waals surface area contributed by atoms with Gasteiger partial charge in [-0.25, -0.2) is 9.13 Å². The summed E-state index contributed by atoms with van der Waals surface area (Å²) in [5.41, 5.74) is 0. The number of carbonyl (C=O) groups is 4. The number of unbranched alkanes of at least 4 members (excludes halogenated alkanes) is 38. The molecule has 0 rings (SSSR count). The second-order valence-corrected chi connectivity index (χ2v) is 31.9. The van der Waals surface area contributed by atoms with Gasteiger partial charge in [0.1, 0.15) is 19.3 Å². The minimum absolute atomic E-state index is 0.105. The SMILES string of the molecule is CC(C)CCCCCCCCCCCCCCCC(=O)OC[C@H](COP(=O)(O)OCC(O)COP(=O)(O)OC[C@@H](COC(=O)CCCCCCCCCCC(C)C)OC(=O)CCCCCCCCCCCCC(C)C)OC(=O)CCCCCCCCCCCCCC(C)C. The highest BCUT2D eigenvalue weighted by molar-refractivity contribution is 7.47. The van der Waals surface area contributed by atoms with Crippen molar-refractivity contribution < 1.29 is 80.2 Å². The third-order valence-corrected chi connectivity index (χ3v) is 19.2. The lowest BCUT2D eigenvalue weighted by Crippen LogP contribution is -2.30. The zero-order valence-corrected chi connectivity index (χ0v) is 63.4. The Labute approximate surface area is 575 Å². The molecule has 0 radical (unpaired) electrons. The number of aliphatic hydroxyl groups is 1. The standard InChI is InChI=1S/C75H146O17P2/c1-65(2)51-43-35-27-19-13-10-9-11-15-22-31-39-47-55-72(77)85-61-70(91-74(79)57-49-41-33-23-16-12-14-20-28-36-44-52-66(3)4)63-89-93(81,82)87-59-69(76)60-88-94(83,84)90-64-71(62-86-73(78)56-48-40-32-26-25-30-38-46-54-68(7)8)92-75(80)58-50-42-34-24-18-17-21-29-37-45-53-67(5)6/h65-71,76H,9-64H2,1-8H3,(H,81,82)(H,83,84)/t69?,70-,71-/m1/s1. The zero-order valence-electron chi connectivity index (χ0n) is 61.6. The summed E-state index contributed by atoms with van der Waals surface area (Å²) in [4.78, 5) is 72.8. The van der Waals surface area contributed by atoms with Crippen molar-refractivity contribution in [3.63, 3.8) is 0 Å². The Morgan fingerprint density at radius 2 is 0.447 bits per heavy atom. The first kappa shape index (κ1) is 92.1. The Balaban J connectivity index is 5.26. The highest BCUT2D eigenvalue weighted by Crippen LogP contribution is 2.45. The molecule has 0 amide bonds. The summed E-state index contributed by atoms with van der Waals surface area (Å²) in [6, 6.07) is 0. The highest BCUT2D eigenvalue weighted by atomic mass is 31.2. The second kappa shape index (κ2) is 64.4. The molecule has 0 aliphatic carbocycles. The van der Waals surface area contributed by atoms with E-state index in [0.717, 1.165) is 114 Å². The largest absolute Gasteiger partial charge is 0.472 e. The first-order valence-corrected chi connectivity index (χ1v) is 41.7. The van der Waals surface area contributed by atoms with E-state index in [9.17, 15) is 43.2 Å². The van der Waals surface area contributed by atoms with Crippen LogP contribution in [0.3, 0.4) is 0 Å². The molecule has 0 aromatic carbocycles. The second-order valence-electron chi connectivity index (χ2n) is 28.9. The number of phosphoric acid groups is 2. The van der Waals surface area contributed by atoms with Crippen LogP contribution in [-0.2, 0) is 65.4 Å². The van der Waals surface area contributed by atoms with Crippen molar-refractivity contribution in [1.82, 2.24) is 0 Å². The van der Waals surface area contributed by atoms with Gasteiger partial charge in [-0.1, -0.05) is 325 Å². The molecular formula is C75H146O17P2. The average Bonchev–Trinajstić information content (AvgIpc) is 1.29. The third kappa shape index (κ3) is 68.6. The van der Waals surface area contributed by atoms with Crippen molar-refractivity contribution in [2.75, 3.05) is 39.6 Å². The minimum atomic E-state index is -4.96. The van der Waals surface area contributed by atoms with E-state index in [0.29, 0.717) is 25.7 Å². The molecule has 0 saturated heterocycles. The molecule has 0 aliphatic heterocycles. The van der Waals surface area contributed by atoms with Crippen molar-refractivity contribution in [3.8, 4) is 0 Å². The number of hydrogen-bond donors (Lipinski definition) is 3. The van der Waals surface area contributed by atoms with Gasteiger partial charge >= 0.3 is 39.5 Å². The first-order valence-electron chi connectivity index (χ1n) is 38.7. The van der Waals surface area contributed by atoms with E-state index in [4.69, 9.17) is 37.0 Å². The molecule has 0 heterocycles. The lowest BCUT2D eigenvalue weighted by molar-refractivity contribution is -0.161. The van der Waals surface area contributed by atoms with Gasteiger partial charge in [-0.2, -0.15) is 0 Å². The number of rotatable bonds is 72. The van der Waals surface area contributed by atoms with E-state index in [-0.39, 0.29) is 25.7 Å². The molecule has 0 saturated carbocycles. The van der Waals surface area contributed by atoms with Crippen molar-refractivity contribution in [3.05, 3.63) is 0 Å². The molecule has 0 aliphatic rings. The van der Waals surface area contributed by atoms with E-state index in [1.54, 1.807) is 0 Å². The van der Waals surface area contributed by atoms with Gasteiger partial charge in [0.15, 0.2) is 12.2 Å². The molecule has 558 valence electrons. The Morgan fingerprint density at radius 1 is 0.266 bits per heavy atom. The van der Waals surface area contributed by atoms with Crippen LogP contribution in [0.2, 0.25) is 0 Å². The number of phosphoric ester groups is 2. The van der Waals surface area contributed by atoms with Crippen LogP contribution < -0.4 is 0 Å². The number of hydrogen-bond acceptors (Lipinski definition) is 15. The summed E-state index contributed by atoms with van der Waals surface area (Å²) < 4.78 is 68.5. The summed E-state index contributed by atoms with van der Waals surface area (Å²) in [5, 5.41) is 10.6. The maximum Gasteiger partial charge on any atom is 0.472 e. The van der Waals surface area contributed by atoms with Gasteiger partial charge in [0.05, 0.1) is 26.4 Å². The summed E-state index contributed by atoms with van der Waals surface area (Å²) in [7, 11) is -9.91. The Morgan fingerprint density at radius 3 is 0.660 bits per heavy atom. The van der Waals surface area contributed by atoms with E-state index in [1.165, 1.54) is 180 Å². The molecule has 0 aromatic rings. The van der Waals surface area contributed by atoms with Crippen LogP contribution in [-0.4, -0.2) is 96.7 Å². The topological polar surface area (TPSA) is 237 Å². The molecule has 0 fully saturated rings. The van der Waals surface area contributed by atoms with Crippen molar-refractivity contribution >= 4 is 39.5 Å². The Hall–Kier alpha value is -1.94. The molecule has 94 heavy (non-hydrogen) atoms. The predicted molar refractivity (Wildman–Crippen MR) is 381 cm³/mol. The van der Waals surface area contributed by atoms with Crippen LogP contribution >= 0.6 is 15.6 Å². The maximum atomic E-state index is 13.1. The fourth-order valence-electron chi connectivity index (χ4n) is 11.4. The van der Waals surface area contributed by atoms with Gasteiger partial charge in [-0.05, 0) is 49.4 Å². The fraction of sp³-hybridized carbons (Fsp3) is 0.947. The minimum Gasteiger partial charge on any atom is -0.462 e. The van der Waals surface area contributed by atoms with E-state index in [1.807, 2.05) is 0 Å². The fourth-order valence-corrected chi connectivity index (χ4v) is 13.0. The monoisotopic (exact) mass is 1380 g/mol. The highest BCUT2D eigenvalue weighted by Gasteiger charge is 2.30. The first-order chi connectivity index (χ1) is 45.1. The van der Waals surface area contributed by atoms with E-state index in [2.05, 4.69) is 55.4 Å². The van der Waals surface area contributed by atoms with Crippen LogP contribution in [0.5, 0.6) is 0 Å². The number of carbonyl (C=O) groups excluding carboxylic acids is 4. The van der Waals surface area contributed by atoms with Gasteiger partial charge in [0, 0.05) is 25.7 Å². The summed E-state index contributed by atoms with van der Waals surface area (Å²) in [5.74, 6) is 0.913. The van der Waals surface area contributed by atoms with Gasteiger partial charge in [-0.15, -0.1) is 0 Å². The lowest BCUT2D eigenvalue weighted by atomic mass is 10.0. The van der Waals surface area contributed by atoms with Crippen LogP contribution in [0.4, 0.5) is 0 Å². The predicted octanol–water partition coefficient (Wildman–Crippen LogP) is 21.7. The molecule has 3 unspecified atom stereocenters. The van der Waals surface area contributed by atoms with Crippen molar-refractivity contribution in [2.24, 2.45) is 23.7 Å². The Kier molecular flexibility index (Phi) is 63.1. The molecule has 17 nitrogen and oxygen atoms in total. The summed E-state index contributed by atoms with van der Waals surface area (Å²) in [6.45, 7) is 14.2. The summed E-state index contributed by atoms with van der Waals surface area (Å²) in [6.07, 6.45) is 48.5. The van der Waals surface area contributed by atoms with Gasteiger partial charge in [0.2, 0.25) is 0 Å². The molecule has 19 heteroatoms. The van der Waals surface area contributed by atoms with E-state index >= 15 is 0 Å². The average molecular weight is 1380 g/mol. The third-order valence-electron chi connectivity index (χ3n) is 17.3. The lowest BCUT2D eigenvalue weighted by Gasteiger charge is -2.21. The molecular weight excluding hydrogens is 1230 g/mol. The summed E-state index contributed by atoms with van der Waals surface area (Å²) >= 11 is 0. The molecule has 0 aromatic heterocycles. The normalized spacial score (nSPS) is 14.2. The number of esters is 4. The van der Waals surface area contributed by atoms with Crippen LogP contribution in [0.25, 0.3) is 0 Å². The molecule has 5 atom stereocenters. The van der Waals surface area contributed by atoms with Crippen molar-refractivity contribution in [2.45, 2.75) is 395 Å². The number of ether oxygens (including phenoxy) is 4. The maximum absolute atomic E-state index is 13.1. The van der Waals surface area contributed by atoms with Crippen LogP contribution in [0.1, 0.15) is 376 Å².